The van der Waals surface area contributed by atoms with Gasteiger partial charge in [0.25, 0.3) is 0 Å². The zero-order valence-corrected chi connectivity index (χ0v) is 21.9. The lowest BCUT2D eigenvalue weighted by Gasteiger charge is -2.44. The Balaban J connectivity index is 1.67. The fraction of sp³-hybridized carbons (Fsp3) is 0.250. The first-order valence-electron chi connectivity index (χ1n) is 12.5. The van der Waals surface area contributed by atoms with Crippen molar-refractivity contribution in [2.75, 3.05) is 56.7 Å². The normalized spacial score (nSPS) is 17.0. The Labute approximate surface area is 215 Å². The highest BCUT2D eigenvalue weighted by molar-refractivity contribution is 5.73. The Morgan fingerprint density at radius 1 is 0.722 bits per heavy atom. The van der Waals surface area contributed by atoms with Crippen molar-refractivity contribution in [1.29, 1.82) is 0 Å². The number of ether oxygens (including phenoxy) is 1. The van der Waals surface area contributed by atoms with Crippen LogP contribution in [0.4, 0.5) is 17.1 Å². The highest BCUT2D eigenvalue weighted by atomic mass is 16.5. The standard InChI is InChI=1S/C32H35N3O/c1-33(2)28-16-11-25(12-17-28)26-13-20-31-30(21-26)32(36-23-35(31)5,22-24-9-7-6-8-10-24)27-14-18-29(19-15-27)34(3)4/h6-21H,22-23H2,1-5H3. The van der Waals surface area contributed by atoms with Crippen LogP contribution in [0.2, 0.25) is 0 Å². The minimum absolute atomic E-state index is 0.534. The fourth-order valence-electron chi connectivity index (χ4n) is 5.08. The van der Waals surface area contributed by atoms with Crippen LogP contribution < -0.4 is 14.7 Å². The summed E-state index contributed by atoms with van der Waals surface area (Å²) in [6.45, 7) is 0.534. The third-order valence-electron chi connectivity index (χ3n) is 7.21. The number of anilines is 3. The van der Waals surface area contributed by atoms with Crippen LogP contribution in [0.5, 0.6) is 0 Å². The van der Waals surface area contributed by atoms with Gasteiger partial charge in [-0.15, -0.1) is 0 Å². The smallest absolute Gasteiger partial charge is 0.126 e. The lowest BCUT2D eigenvalue weighted by Crippen LogP contribution is -2.43. The summed E-state index contributed by atoms with van der Waals surface area (Å²) in [5.41, 5.74) is 9.02. The molecule has 184 valence electrons. The Morgan fingerprint density at radius 2 is 1.31 bits per heavy atom. The van der Waals surface area contributed by atoms with Crippen molar-refractivity contribution < 1.29 is 4.74 Å². The molecule has 0 radical (unpaired) electrons. The second kappa shape index (κ2) is 9.71. The van der Waals surface area contributed by atoms with Crippen molar-refractivity contribution in [3.05, 3.63) is 114 Å². The van der Waals surface area contributed by atoms with Crippen LogP contribution in [-0.2, 0) is 16.8 Å². The molecule has 4 aromatic rings. The van der Waals surface area contributed by atoms with Gasteiger partial charge in [0, 0.05) is 64.3 Å². The lowest BCUT2D eigenvalue weighted by molar-refractivity contribution is -0.0252. The molecule has 0 N–H and O–H groups in total. The molecule has 0 amide bonds. The molecule has 4 aromatic carbocycles. The summed E-state index contributed by atoms with van der Waals surface area (Å²) >= 11 is 0. The van der Waals surface area contributed by atoms with Crippen molar-refractivity contribution in [2.24, 2.45) is 0 Å². The predicted octanol–water partition coefficient (Wildman–Crippen LogP) is 6.40. The zero-order chi connectivity index (χ0) is 25.3. The van der Waals surface area contributed by atoms with E-state index in [0.717, 1.165) is 6.42 Å². The summed E-state index contributed by atoms with van der Waals surface area (Å²) in [6, 6.07) is 35.1. The highest BCUT2D eigenvalue weighted by Gasteiger charge is 2.41. The summed E-state index contributed by atoms with van der Waals surface area (Å²) < 4.78 is 6.84. The summed E-state index contributed by atoms with van der Waals surface area (Å²) in [6.07, 6.45) is 0.763. The van der Waals surface area contributed by atoms with Crippen LogP contribution in [0, 0.1) is 0 Å². The van der Waals surface area contributed by atoms with Crippen LogP contribution in [0.15, 0.2) is 97.1 Å². The SMILES string of the molecule is CN(C)c1ccc(-c2ccc3c(c2)C(Cc2ccccc2)(c2ccc(N(C)C)cc2)OCN3C)cc1. The number of hydrogen-bond donors (Lipinski definition) is 0. The zero-order valence-electron chi connectivity index (χ0n) is 21.9. The highest BCUT2D eigenvalue weighted by Crippen LogP contribution is 2.46. The Morgan fingerprint density at radius 3 is 1.92 bits per heavy atom. The Hall–Kier alpha value is -3.76. The van der Waals surface area contributed by atoms with E-state index in [1.807, 2.05) is 0 Å². The van der Waals surface area contributed by atoms with Crippen LogP contribution >= 0.6 is 0 Å². The molecule has 36 heavy (non-hydrogen) atoms. The van der Waals surface area contributed by atoms with Gasteiger partial charge in [-0.05, 0) is 58.7 Å². The average molecular weight is 478 g/mol. The molecule has 0 spiro atoms. The average Bonchev–Trinajstić information content (AvgIpc) is 2.91. The second-order valence-corrected chi connectivity index (χ2v) is 10.1. The number of fused-ring (bicyclic) bond motifs is 1. The van der Waals surface area contributed by atoms with E-state index in [2.05, 4.69) is 147 Å². The van der Waals surface area contributed by atoms with E-state index in [0.29, 0.717) is 6.73 Å². The summed E-state index contributed by atoms with van der Waals surface area (Å²) in [4.78, 5) is 6.46. The number of hydrogen-bond acceptors (Lipinski definition) is 4. The van der Waals surface area contributed by atoms with E-state index in [1.165, 1.54) is 44.9 Å². The van der Waals surface area contributed by atoms with E-state index >= 15 is 0 Å². The molecule has 4 nitrogen and oxygen atoms in total. The number of benzene rings is 4. The minimum atomic E-state index is -0.590. The van der Waals surface area contributed by atoms with Crippen LogP contribution in [0.25, 0.3) is 11.1 Å². The Kier molecular flexibility index (Phi) is 6.46. The van der Waals surface area contributed by atoms with Gasteiger partial charge in [-0.1, -0.05) is 60.7 Å². The van der Waals surface area contributed by atoms with E-state index in [1.54, 1.807) is 0 Å². The molecule has 4 heteroatoms. The molecule has 1 unspecified atom stereocenters. The first-order chi connectivity index (χ1) is 17.4. The van der Waals surface area contributed by atoms with Gasteiger partial charge in [0.2, 0.25) is 0 Å². The maximum absolute atomic E-state index is 6.84. The van der Waals surface area contributed by atoms with Crippen molar-refractivity contribution in [1.82, 2.24) is 0 Å². The van der Waals surface area contributed by atoms with E-state index in [4.69, 9.17) is 4.74 Å². The van der Waals surface area contributed by atoms with Crippen molar-refractivity contribution in [3.8, 4) is 11.1 Å². The van der Waals surface area contributed by atoms with Gasteiger partial charge in [0.05, 0.1) is 0 Å². The first-order valence-corrected chi connectivity index (χ1v) is 12.5. The second-order valence-electron chi connectivity index (χ2n) is 10.1. The van der Waals surface area contributed by atoms with Gasteiger partial charge in [-0.2, -0.15) is 0 Å². The number of nitrogens with zero attached hydrogens (tertiary/aromatic N) is 3. The largest absolute Gasteiger partial charge is 0.378 e. The quantitative estimate of drug-likeness (QED) is 0.320. The van der Waals surface area contributed by atoms with Gasteiger partial charge in [0.15, 0.2) is 0 Å². The molecule has 0 bridgehead atoms. The molecule has 5 rings (SSSR count). The van der Waals surface area contributed by atoms with Gasteiger partial charge >= 0.3 is 0 Å². The third kappa shape index (κ3) is 4.45. The molecule has 0 aliphatic carbocycles. The van der Waals surface area contributed by atoms with E-state index < -0.39 is 5.60 Å². The molecule has 0 saturated heterocycles. The van der Waals surface area contributed by atoms with Crippen molar-refractivity contribution >= 4 is 17.1 Å². The van der Waals surface area contributed by atoms with Gasteiger partial charge in [0.1, 0.15) is 12.3 Å². The van der Waals surface area contributed by atoms with Crippen molar-refractivity contribution in [2.45, 2.75) is 12.0 Å². The van der Waals surface area contributed by atoms with Crippen LogP contribution in [0.1, 0.15) is 16.7 Å². The fourth-order valence-corrected chi connectivity index (χ4v) is 5.08. The monoisotopic (exact) mass is 477 g/mol. The Bertz CT molecular complexity index is 1310. The topological polar surface area (TPSA) is 19.0 Å². The molecular weight excluding hydrogens is 442 g/mol. The summed E-state index contributed by atoms with van der Waals surface area (Å²) in [5.74, 6) is 0. The molecule has 0 aromatic heterocycles. The maximum Gasteiger partial charge on any atom is 0.126 e. The molecule has 0 saturated carbocycles. The molecular formula is C32H35N3O. The van der Waals surface area contributed by atoms with Gasteiger partial charge < -0.3 is 19.4 Å². The molecule has 0 fully saturated rings. The molecule has 1 heterocycles. The molecule has 1 atom stereocenters. The molecule has 1 aliphatic heterocycles. The van der Waals surface area contributed by atoms with Gasteiger partial charge in [-0.3, -0.25) is 0 Å². The minimum Gasteiger partial charge on any atom is -0.378 e. The van der Waals surface area contributed by atoms with Crippen LogP contribution in [0.3, 0.4) is 0 Å². The van der Waals surface area contributed by atoms with Crippen molar-refractivity contribution in [3.63, 3.8) is 0 Å². The summed E-state index contributed by atoms with van der Waals surface area (Å²) in [7, 11) is 10.4. The number of rotatable bonds is 6. The van der Waals surface area contributed by atoms with Crippen LogP contribution in [-0.4, -0.2) is 42.0 Å². The van der Waals surface area contributed by atoms with Gasteiger partial charge in [-0.25, -0.2) is 0 Å². The maximum atomic E-state index is 6.84. The lowest BCUT2D eigenvalue weighted by atomic mass is 9.78. The third-order valence-corrected chi connectivity index (χ3v) is 7.21. The van der Waals surface area contributed by atoms with E-state index in [-0.39, 0.29) is 0 Å². The summed E-state index contributed by atoms with van der Waals surface area (Å²) in [5, 5.41) is 0. The molecule has 1 aliphatic rings. The first kappa shape index (κ1) is 24.0. The van der Waals surface area contributed by atoms with E-state index in [9.17, 15) is 0 Å². The predicted molar refractivity (Wildman–Crippen MR) is 152 cm³/mol.